The number of carbonyl (C=O) groups excluding carboxylic acids is 1. The van der Waals surface area contributed by atoms with E-state index in [2.05, 4.69) is 60.3 Å². The number of aromatic nitrogens is 5. The number of para-hydroxylation sites is 1. The van der Waals surface area contributed by atoms with Crippen molar-refractivity contribution in [3.05, 3.63) is 71.9 Å². The molecule has 5 rings (SSSR count). The summed E-state index contributed by atoms with van der Waals surface area (Å²) < 4.78 is 7.97. The van der Waals surface area contributed by atoms with E-state index in [1.807, 2.05) is 41.1 Å². The van der Waals surface area contributed by atoms with E-state index in [1.165, 1.54) is 25.6 Å². The molecule has 0 bridgehead atoms. The van der Waals surface area contributed by atoms with Crippen molar-refractivity contribution in [3.63, 3.8) is 0 Å². The second-order valence-corrected chi connectivity index (χ2v) is 10.5. The van der Waals surface area contributed by atoms with Crippen LogP contribution in [-0.2, 0) is 10.3 Å². The Kier molecular flexibility index (Phi) is 7.31. The highest BCUT2D eigenvalue weighted by Gasteiger charge is 2.40. The van der Waals surface area contributed by atoms with Crippen molar-refractivity contribution in [2.45, 2.75) is 71.4 Å². The third-order valence-corrected chi connectivity index (χ3v) is 7.25. The fourth-order valence-corrected chi connectivity index (χ4v) is 5.23. The molecule has 2 aromatic heterocycles. The molecule has 0 spiro atoms. The quantitative estimate of drug-likeness (QED) is 0.253. The number of benzene rings is 2. The second-order valence-electron chi connectivity index (χ2n) is 10.5. The Labute approximate surface area is 223 Å². The van der Waals surface area contributed by atoms with Crippen LogP contribution in [0.4, 0.5) is 0 Å². The molecular weight excluding hydrogens is 476 g/mol. The van der Waals surface area contributed by atoms with Gasteiger partial charge in [-0.05, 0) is 56.5 Å². The summed E-state index contributed by atoms with van der Waals surface area (Å²) in [5.41, 5.74) is 3.53. The van der Waals surface area contributed by atoms with Gasteiger partial charge in [0.05, 0.1) is 28.9 Å². The maximum absolute atomic E-state index is 13.7. The molecule has 8 nitrogen and oxygen atoms in total. The van der Waals surface area contributed by atoms with E-state index >= 15 is 0 Å². The molecule has 1 atom stereocenters. The Hall–Kier alpha value is -3.94. The molecule has 0 saturated heterocycles. The number of aromatic amines is 1. The monoisotopic (exact) mass is 512 g/mol. The Balaban J connectivity index is 1.52. The van der Waals surface area contributed by atoms with Crippen molar-refractivity contribution in [2.24, 2.45) is 0 Å². The van der Waals surface area contributed by atoms with Crippen molar-refractivity contribution in [3.8, 4) is 5.75 Å². The van der Waals surface area contributed by atoms with Gasteiger partial charge >= 0.3 is 0 Å². The lowest BCUT2D eigenvalue weighted by molar-refractivity contribution is -0.117. The summed E-state index contributed by atoms with van der Waals surface area (Å²) in [5.74, 6) is 1.08. The number of hydrogen-bond donors (Lipinski definition) is 2. The van der Waals surface area contributed by atoms with Gasteiger partial charge in [-0.25, -0.2) is 4.98 Å². The van der Waals surface area contributed by atoms with Gasteiger partial charge in [0, 0.05) is 17.8 Å². The highest BCUT2D eigenvalue weighted by atomic mass is 16.5. The molecule has 0 aliphatic carbocycles. The van der Waals surface area contributed by atoms with E-state index < -0.39 is 5.54 Å². The summed E-state index contributed by atoms with van der Waals surface area (Å²) in [6.45, 7) is 9.20. The lowest BCUT2D eigenvalue weighted by Gasteiger charge is -2.37. The summed E-state index contributed by atoms with van der Waals surface area (Å²) in [6, 6.07) is 16.4. The van der Waals surface area contributed by atoms with Gasteiger partial charge in [0.1, 0.15) is 12.1 Å². The van der Waals surface area contributed by atoms with Crippen LogP contribution in [0.1, 0.15) is 82.9 Å². The van der Waals surface area contributed by atoms with Gasteiger partial charge in [-0.3, -0.25) is 14.6 Å². The van der Waals surface area contributed by atoms with Gasteiger partial charge < -0.3 is 10.1 Å². The molecule has 1 aliphatic rings. The van der Waals surface area contributed by atoms with E-state index in [0.29, 0.717) is 24.4 Å². The van der Waals surface area contributed by atoms with Crippen molar-refractivity contribution in [1.29, 1.82) is 0 Å². The van der Waals surface area contributed by atoms with E-state index in [4.69, 9.17) is 9.84 Å². The zero-order valence-corrected chi connectivity index (χ0v) is 22.6. The SMILES string of the molecule is CCCCCCOc1ccc([C@]2(C)CC(c3nn(C(C)C)c4ccccc34)=C(c3ncn[nH]3)C(=O)N2)cc1. The van der Waals surface area contributed by atoms with Gasteiger partial charge in [0.15, 0.2) is 5.82 Å². The number of amides is 1. The van der Waals surface area contributed by atoms with Crippen LogP contribution in [0.3, 0.4) is 0 Å². The van der Waals surface area contributed by atoms with E-state index in [1.54, 1.807) is 0 Å². The first kappa shape index (κ1) is 25.7. The fraction of sp³-hybridized carbons (Fsp3) is 0.400. The molecule has 38 heavy (non-hydrogen) atoms. The molecule has 1 aliphatic heterocycles. The van der Waals surface area contributed by atoms with Gasteiger partial charge in [-0.1, -0.05) is 56.5 Å². The first-order valence-corrected chi connectivity index (χ1v) is 13.5. The van der Waals surface area contributed by atoms with Crippen LogP contribution in [0.5, 0.6) is 5.75 Å². The second kappa shape index (κ2) is 10.8. The summed E-state index contributed by atoms with van der Waals surface area (Å²) >= 11 is 0. The summed E-state index contributed by atoms with van der Waals surface area (Å²) in [7, 11) is 0. The fourth-order valence-electron chi connectivity index (χ4n) is 5.23. The van der Waals surface area contributed by atoms with Crippen LogP contribution in [0.25, 0.3) is 22.0 Å². The molecule has 0 unspecified atom stereocenters. The molecule has 1 amide bonds. The van der Waals surface area contributed by atoms with Gasteiger partial charge in [-0.15, -0.1) is 0 Å². The van der Waals surface area contributed by atoms with E-state index in [0.717, 1.165) is 39.9 Å². The van der Waals surface area contributed by atoms with E-state index in [9.17, 15) is 4.79 Å². The standard InChI is InChI=1S/C30H36N6O2/c1-5-6-7-10-17-38-22-15-13-21(14-16-22)30(4)18-24(26(29(37)33-30)28-31-19-32-34-28)27-23-11-8-9-12-25(23)36(35-27)20(2)3/h8-9,11-16,19-20H,5-7,10,17-18H2,1-4H3,(H,33,37)(H,31,32,34)/t30-/m0/s1. The van der Waals surface area contributed by atoms with Crippen LogP contribution in [0, 0.1) is 0 Å². The minimum Gasteiger partial charge on any atom is -0.494 e. The van der Waals surface area contributed by atoms with Crippen LogP contribution in [0.2, 0.25) is 0 Å². The predicted octanol–water partition coefficient (Wildman–Crippen LogP) is 6.04. The number of fused-ring (bicyclic) bond motifs is 1. The molecule has 3 heterocycles. The lowest BCUT2D eigenvalue weighted by atomic mass is 9.79. The highest BCUT2D eigenvalue weighted by Crippen LogP contribution is 2.42. The molecule has 0 saturated carbocycles. The van der Waals surface area contributed by atoms with E-state index in [-0.39, 0.29) is 11.9 Å². The van der Waals surface area contributed by atoms with Crippen molar-refractivity contribution in [2.75, 3.05) is 6.61 Å². The normalized spacial score (nSPS) is 17.9. The van der Waals surface area contributed by atoms with Gasteiger partial charge in [0.25, 0.3) is 5.91 Å². The largest absolute Gasteiger partial charge is 0.494 e. The molecule has 2 N–H and O–H groups in total. The van der Waals surface area contributed by atoms with Gasteiger partial charge in [0.2, 0.25) is 0 Å². The van der Waals surface area contributed by atoms with Gasteiger partial charge in [-0.2, -0.15) is 10.2 Å². The number of carbonyl (C=O) groups is 1. The molecule has 0 fully saturated rings. The topological polar surface area (TPSA) is 97.7 Å². The summed E-state index contributed by atoms with van der Waals surface area (Å²) in [6.07, 6.45) is 6.65. The zero-order chi connectivity index (χ0) is 26.7. The number of rotatable bonds is 10. The van der Waals surface area contributed by atoms with Crippen LogP contribution < -0.4 is 10.1 Å². The number of nitrogens with zero attached hydrogens (tertiary/aromatic N) is 4. The van der Waals surface area contributed by atoms with Crippen LogP contribution in [0.15, 0.2) is 54.9 Å². The molecule has 198 valence electrons. The summed E-state index contributed by atoms with van der Waals surface area (Å²) in [5, 5.41) is 16.2. The Morgan fingerprint density at radius 1 is 1.08 bits per heavy atom. The molecule has 0 radical (unpaired) electrons. The van der Waals surface area contributed by atoms with Crippen molar-refractivity contribution < 1.29 is 9.53 Å². The molecule has 8 heteroatoms. The first-order chi connectivity index (χ1) is 18.4. The van der Waals surface area contributed by atoms with Crippen LogP contribution in [-0.4, -0.2) is 37.5 Å². The number of nitrogens with one attached hydrogen (secondary N) is 2. The first-order valence-electron chi connectivity index (χ1n) is 13.5. The molecule has 2 aromatic carbocycles. The minimum absolute atomic E-state index is 0.168. The summed E-state index contributed by atoms with van der Waals surface area (Å²) in [4.78, 5) is 18.1. The third-order valence-electron chi connectivity index (χ3n) is 7.25. The Morgan fingerprint density at radius 2 is 1.87 bits per heavy atom. The zero-order valence-electron chi connectivity index (χ0n) is 22.6. The smallest absolute Gasteiger partial charge is 0.256 e. The van der Waals surface area contributed by atoms with Crippen molar-refractivity contribution >= 4 is 28.0 Å². The number of ether oxygens (including phenoxy) is 1. The highest BCUT2D eigenvalue weighted by molar-refractivity contribution is 6.28. The minimum atomic E-state index is -0.641. The average molecular weight is 513 g/mol. The number of unbranched alkanes of at least 4 members (excludes halogenated alkanes) is 3. The van der Waals surface area contributed by atoms with Crippen molar-refractivity contribution in [1.82, 2.24) is 30.3 Å². The molecule has 4 aromatic rings. The maximum atomic E-state index is 13.7. The number of hydrogen-bond acceptors (Lipinski definition) is 5. The maximum Gasteiger partial charge on any atom is 0.256 e. The Morgan fingerprint density at radius 3 is 2.58 bits per heavy atom. The number of H-pyrrole nitrogens is 1. The Bertz CT molecular complexity index is 1440. The predicted molar refractivity (Wildman–Crippen MR) is 150 cm³/mol. The lowest BCUT2D eigenvalue weighted by Crippen LogP contribution is -2.47. The molecular formula is C30H36N6O2. The third kappa shape index (κ3) is 4.95. The van der Waals surface area contributed by atoms with Crippen LogP contribution >= 0.6 is 0 Å². The average Bonchev–Trinajstić information content (AvgIpc) is 3.57.